The van der Waals surface area contributed by atoms with E-state index in [1.165, 1.54) is 0 Å². The van der Waals surface area contributed by atoms with E-state index in [0.29, 0.717) is 24.7 Å². The minimum atomic E-state index is 0.152. The molecule has 15 heavy (non-hydrogen) atoms. The van der Waals surface area contributed by atoms with Crippen molar-refractivity contribution in [1.82, 2.24) is 0 Å². The van der Waals surface area contributed by atoms with E-state index in [0.717, 1.165) is 12.0 Å². The minimum absolute atomic E-state index is 0.152. The van der Waals surface area contributed by atoms with Crippen LogP contribution in [0, 0.1) is 0 Å². The lowest BCUT2D eigenvalue weighted by Gasteiger charge is -2.13. The van der Waals surface area contributed by atoms with E-state index in [1.54, 1.807) is 6.07 Å². The van der Waals surface area contributed by atoms with Crippen molar-refractivity contribution in [2.24, 2.45) is 0 Å². The first kappa shape index (κ1) is 11.7. The molecule has 1 rings (SSSR count). The standard InChI is InChI=1S/C12H18O3/c1-4-9-7-10(13)12(15-6-3)11(8-9)14-5-2/h7-8,13H,4-6H2,1-3H3. The zero-order chi connectivity index (χ0) is 11.3. The van der Waals surface area contributed by atoms with Crippen LogP contribution in [0.1, 0.15) is 26.3 Å². The van der Waals surface area contributed by atoms with Gasteiger partial charge in [-0.25, -0.2) is 0 Å². The molecular formula is C12H18O3. The summed E-state index contributed by atoms with van der Waals surface area (Å²) in [5.41, 5.74) is 1.04. The molecule has 1 aromatic carbocycles. The van der Waals surface area contributed by atoms with Gasteiger partial charge in [0.15, 0.2) is 11.5 Å². The van der Waals surface area contributed by atoms with Crippen molar-refractivity contribution in [2.75, 3.05) is 13.2 Å². The molecule has 0 aliphatic carbocycles. The summed E-state index contributed by atoms with van der Waals surface area (Å²) >= 11 is 0. The second-order valence-corrected chi connectivity index (χ2v) is 3.16. The monoisotopic (exact) mass is 210 g/mol. The van der Waals surface area contributed by atoms with Gasteiger partial charge in [-0.1, -0.05) is 6.92 Å². The van der Waals surface area contributed by atoms with Crippen molar-refractivity contribution >= 4 is 0 Å². The number of hydrogen-bond acceptors (Lipinski definition) is 3. The van der Waals surface area contributed by atoms with Crippen LogP contribution in [-0.4, -0.2) is 18.3 Å². The van der Waals surface area contributed by atoms with Gasteiger partial charge in [-0.2, -0.15) is 0 Å². The number of aryl methyl sites for hydroxylation is 1. The van der Waals surface area contributed by atoms with Crippen LogP contribution in [0.15, 0.2) is 12.1 Å². The number of ether oxygens (including phenoxy) is 2. The molecule has 1 aromatic rings. The first-order chi connectivity index (χ1) is 7.22. The number of hydrogen-bond donors (Lipinski definition) is 1. The number of phenolic OH excluding ortho intramolecular Hbond substituents is 1. The fraction of sp³-hybridized carbons (Fsp3) is 0.500. The highest BCUT2D eigenvalue weighted by Gasteiger charge is 2.11. The molecule has 3 nitrogen and oxygen atoms in total. The Morgan fingerprint density at radius 1 is 1.07 bits per heavy atom. The highest BCUT2D eigenvalue weighted by atomic mass is 16.5. The van der Waals surface area contributed by atoms with Gasteiger partial charge >= 0.3 is 0 Å². The fourth-order valence-electron chi connectivity index (χ4n) is 1.40. The molecule has 1 N–H and O–H groups in total. The average Bonchev–Trinajstić information content (AvgIpc) is 2.23. The lowest BCUT2D eigenvalue weighted by molar-refractivity contribution is 0.275. The van der Waals surface area contributed by atoms with Gasteiger partial charge in [0.25, 0.3) is 0 Å². The summed E-state index contributed by atoms with van der Waals surface area (Å²) in [4.78, 5) is 0. The van der Waals surface area contributed by atoms with E-state index in [-0.39, 0.29) is 5.75 Å². The first-order valence-corrected chi connectivity index (χ1v) is 5.34. The Kier molecular flexibility index (Phi) is 4.28. The Morgan fingerprint density at radius 3 is 2.27 bits per heavy atom. The molecule has 0 atom stereocenters. The lowest BCUT2D eigenvalue weighted by Crippen LogP contribution is -1.99. The fourth-order valence-corrected chi connectivity index (χ4v) is 1.40. The van der Waals surface area contributed by atoms with E-state index >= 15 is 0 Å². The van der Waals surface area contributed by atoms with Gasteiger partial charge in [-0.15, -0.1) is 0 Å². The number of phenols is 1. The highest BCUT2D eigenvalue weighted by molar-refractivity contribution is 5.53. The summed E-state index contributed by atoms with van der Waals surface area (Å²) in [5.74, 6) is 1.22. The summed E-state index contributed by atoms with van der Waals surface area (Å²) in [6.45, 7) is 6.89. The highest BCUT2D eigenvalue weighted by Crippen LogP contribution is 2.38. The summed E-state index contributed by atoms with van der Waals surface area (Å²) in [6.07, 6.45) is 0.861. The molecule has 3 heteroatoms. The lowest BCUT2D eigenvalue weighted by atomic mass is 10.1. The molecule has 0 heterocycles. The number of aromatic hydroxyl groups is 1. The molecular weight excluding hydrogens is 192 g/mol. The van der Waals surface area contributed by atoms with Gasteiger partial charge in [0.05, 0.1) is 13.2 Å². The van der Waals surface area contributed by atoms with E-state index in [2.05, 4.69) is 0 Å². The Morgan fingerprint density at radius 2 is 1.73 bits per heavy atom. The van der Waals surface area contributed by atoms with Gasteiger partial charge < -0.3 is 14.6 Å². The van der Waals surface area contributed by atoms with Crippen molar-refractivity contribution in [3.63, 3.8) is 0 Å². The molecule has 0 aromatic heterocycles. The maximum Gasteiger partial charge on any atom is 0.203 e. The van der Waals surface area contributed by atoms with Crippen molar-refractivity contribution in [3.8, 4) is 17.2 Å². The third kappa shape index (κ3) is 2.78. The van der Waals surface area contributed by atoms with E-state index in [9.17, 15) is 5.11 Å². The van der Waals surface area contributed by atoms with E-state index in [4.69, 9.17) is 9.47 Å². The number of benzene rings is 1. The van der Waals surface area contributed by atoms with E-state index in [1.807, 2.05) is 26.8 Å². The average molecular weight is 210 g/mol. The smallest absolute Gasteiger partial charge is 0.203 e. The molecule has 0 amide bonds. The van der Waals surface area contributed by atoms with Gasteiger partial charge in [0.2, 0.25) is 5.75 Å². The largest absolute Gasteiger partial charge is 0.504 e. The SMILES string of the molecule is CCOc1cc(CC)cc(O)c1OCC. The molecule has 0 aliphatic rings. The molecule has 0 saturated carbocycles. The Balaban J connectivity index is 3.10. The van der Waals surface area contributed by atoms with Gasteiger partial charge in [-0.3, -0.25) is 0 Å². The zero-order valence-corrected chi connectivity index (χ0v) is 9.54. The van der Waals surface area contributed by atoms with Crippen LogP contribution < -0.4 is 9.47 Å². The Labute approximate surface area is 90.6 Å². The van der Waals surface area contributed by atoms with Crippen LogP contribution in [0.3, 0.4) is 0 Å². The molecule has 0 bridgehead atoms. The van der Waals surface area contributed by atoms with Crippen molar-refractivity contribution in [1.29, 1.82) is 0 Å². The Hall–Kier alpha value is -1.38. The summed E-state index contributed by atoms with van der Waals surface area (Å²) in [6, 6.07) is 3.63. The maximum atomic E-state index is 9.76. The van der Waals surface area contributed by atoms with Crippen molar-refractivity contribution in [3.05, 3.63) is 17.7 Å². The van der Waals surface area contributed by atoms with Crippen LogP contribution in [0.25, 0.3) is 0 Å². The van der Waals surface area contributed by atoms with Crippen molar-refractivity contribution < 1.29 is 14.6 Å². The topological polar surface area (TPSA) is 38.7 Å². The van der Waals surface area contributed by atoms with Crippen LogP contribution in [0.5, 0.6) is 17.2 Å². The van der Waals surface area contributed by atoms with Gasteiger partial charge in [0, 0.05) is 0 Å². The molecule has 0 saturated heterocycles. The molecule has 0 unspecified atom stereocenters. The van der Waals surface area contributed by atoms with Gasteiger partial charge in [0.1, 0.15) is 0 Å². The first-order valence-electron chi connectivity index (χ1n) is 5.34. The van der Waals surface area contributed by atoms with Crippen LogP contribution in [0.4, 0.5) is 0 Å². The van der Waals surface area contributed by atoms with E-state index < -0.39 is 0 Å². The maximum absolute atomic E-state index is 9.76. The normalized spacial score (nSPS) is 10.1. The molecule has 0 radical (unpaired) electrons. The van der Waals surface area contributed by atoms with Crippen LogP contribution >= 0.6 is 0 Å². The molecule has 84 valence electrons. The molecule has 0 fully saturated rings. The second kappa shape index (κ2) is 5.49. The van der Waals surface area contributed by atoms with Crippen molar-refractivity contribution in [2.45, 2.75) is 27.2 Å². The zero-order valence-electron chi connectivity index (χ0n) is 9.54. The van der Waals surface area contributed by atoms with Crippen LogP contribution in [-0.2, 0) is 6.42 Å². The molecule has 0 spiro atoms. The van der Waals surface area contributed by atoms with Crippen LogP contribution in [0.2, 0.25) is 0 Å². The quantitative estimate of drug-likeness (QED) is 0.812. The predicted molar refractivity (Wildman–Crippen MR) is 59.8 cm³/mol. The summed E-state index contributed by atoms with van der Waals surface area (Å²) in [5, 5.41) is 9.76. The predicted octanol–water partition coefficient (Wildman–Crippen LogP) is 2.75. The Bertz CT molecular complexity index is 321. The summed E-state index contributed by atoms with van der Waals surface area (Å²) in [7, 11) is 0. The third-order valence-electron chi connectivity index (χ3n) is 2.09. The molecule has 0 aliphatic heterocycles. The third-order valence-corrected chi connectivity index (χ3v) is 2.09. The summed E-state index contributed by atoms with van der Waals surface area (Å²) < 4.78 is 10.8. The van der Waals surface area contributed by atoms with Gasteiger partial charge in [-0.05, 0) is 38.0 Å². The minimum Gasteiger partial charge on any atom is -0.504 e. The second-order valence-electron chi connectivity index (χ2n) is 3.16. The number of rotatable bonds is 5.